The molecule has 0 amide bonds. The van der Waals surface area contributed by atoms with Crippen LogP contribution in [0.4, 0.5) is 52.7 Å². The molecule has 0 N–H and O–H groups in total. The van der Waals surface area contributed by atoms with Gasteiger partial charge >= 0.3 is 30.5 Å². The normalized spacial score (nSPS) is 14.4. The van der Waals surface area contributed by atoms with Gasteiger partial charge in [0.1, 0.15) is 0 Å². The fraction of sp³-hybridized carbons (Fsp3) is 1.00. The van der Waals surface area contributed by atoms with Gasteiger partial charge in [0.25, 0.3) is 0 Å². The van der Waals surface area contributed by atoms with Crippen LogP contribution in [0.25, 0.3) is 0 Å². The minimum Gasteiger partial charge on any atom is -0.243 e. The summed E-state index contributed by atoms with van der Waals surface area (Å²) in [5.41, 5.74) is 0. The molecule has 0 aromatic carbocycles. The lowest BCUT2D eigenvalue weighted by molar-refractivity contribution is -0.508. The molecule has 0 atom stereocenters. The fourth-order valence-corrected chi connectivity index (χ4v) is 0.448. The lowest BCUT2D eigenvalue weighted by Crippen LogP contribution is -2.57. The number of hydrogen-bond donors (Lipinski definition) is 0. The second-order valence-corrected chi connectivity index (χ2v) is 2.71. The Labute approximate surface area is 104 Å². The van der Waals surface area contributed by atoms with Crippen molar-refractivity contribution in [1.29, 1.82) is 0 Å². The van der Waals surface area contributed by atoms with E-state index in [1.54, 1.807) is 0 Å². The van der Waals surface area contributed by atoms with E-state index in [1.165, 1.54) is 4.74 Å². The largest absolute Gasteiger partial charge is 0.483 e. The maximum atomic E-state index is 12.1. The number of hydrogen-bond acceptors (Lipinski definition) is 1. The van der Waals surface area contributed by atoms with Gasteiger partial charge in [0.2, 0.25) is 0 Å². The minimum atomic E-state index is -7.23. The molecule has 20 heavy (non-hydrogen) atoms. The van der Waals surface area contributed by atoms with Crippen molar-refractivity contribution < 1.29 is 57.4 Å². The fourth-order valence-electron chi connectivity index (χ4n) is 0.448. The zero-order valence-electron chi connectivity index (χ0n) is 7.44. The van der Waals surface area contributed by atoms with Crippen LogP contribution in [0.15, 0.2) is 0 Å². The number of rotatable bonds is 3. The average Bonchev–Trinajstić information content (AvgIpc) is 1.96. The molecule has 0 rings (SSSR count). The Bertz CT molecular complexity index is 300. The van der Waals surface area contributed by atoms with Crippen molar-refractivity contribution in [1.82, 2.24) is 0 Å². The van der Waals surface area contributed by atoms with Crippen LogP contribution in [0.3, 0.4) is 0 Å². The highest BCUT2D eigenvalue weighted by atomic mass is 19.4. The van der Waals surface area contributed by atoms with Crippen molar-refractivity contribution in [2.45, 2.75) is 45.3 Å². The zero-order chi connectivity index (χ0) is 15.2. The summed E-state index contributed by atoms with van der Waals surface area (Å²) >= 11 is 0. The van der Waals surface area contributed by atoms with E-state index in [1.807, 2.05) is 0 Å². The molecule has 0 heterocycles. The summed E-state index contributed by atoms with van der Waals surface area (Å²) in [5, 5.41) is 0. The van der Waals surface area contributed by atoms with E-state index in [0.717, 1.165) is 0 Å². The maximum Gasteiger partial charge on any atom is 0.483 e. The molecule has 0 spiro atoms. The first-order chi connectivity index (χ1) is 7.46. The monoisotopic (exact) mass is 336 g/mol. The summed E-state index contributed by atoms with van der Waals surface area (Å²) in [5.74, 6) is -7.23. The smallest absolute Gasteiger partial charge is 0.243 e. The van der Waals surface area contributed by atoms with Gasteiger partial charge in [-0.15, -0.1) is 0 Å². The Morgan fingerprint density at radius 3 is 0.950 bits per heavy atom. The molecule has 0 bridgehead atoms. The van der Waals surface area contributed by atoms with Crippen LogP contribution in [-0.4, -0.2) is 30.5 Å². The van der Waals surface area contributed by atoms with Crippen molar-refractivity contribution >= 4 is 0 Å². The first kappa shape index (κ1) is 24.2. The Hall–Kier alpha value is -0.880. The van der Waals surface area contributed by atoms with E-state index in [4.69, 9.17) is 0 Å². The summed E-state index contributed by atoms with van der Waals surface area (Å²) in [4.78, 5) is 0. The van der Waals surface area contributed by atoms with E-state index in [-0.39, 0.29) is 14.9 Å². The van der Waals surface area contributed by atoms with Crippen LogP contribution in [0, 0.1) is 0 Å². The summed E-state index contributed by atoms with van der Waals surface area (Å²) < 4.78 is 141. The number of ether oxygens (including phenoxy) is 1. The highest BCUT2D eigenvalue weighted by molar-refractivity contribution is 4.86. The Morgan fingerprint density at radius 1 is 0.450 bits per heavy atom. The SMILES string of the molecule is C.C.FC(F)(F)C(F)(F)OC(F)(F)C(F)(F)C(F)(F)F. The van der Waals surface area contributed by atoms with Gasteiger partial charge in [-0.1, -0.05) is 14.9 Å². The van der Waals surface area contributed by atoms with Gasteiger partial charge < -0.3 is 0 Å². The first-order valence-corrected chi connectivity index (χ1v) is 3.43. The van der Waals surface area contributed by atoms with E-state index in [9.17, 15) is 52.7 Å². The van der Waals surface area contributed by atoms with Gasteiger partial charge in [0.15, 0.2) is 0 Å². The van der Waals surface area contributed by atoms with Crippen LogP contribution in [0.1, 0.15) is 14.9 Å². The van der Waals surface area contributed by atoms with Crippen molar-refractivity contribution in [2.75, 3.05) is 0 Å². The molecular formula is C7H8F12O. The van der Waals surface area contributed by atoms with Gasteiger partial charge in [-0.05, 0) is 0 Å². The first-order valence-electron chi connectivity index (χ1n) is 3.43. The highest BCUT2D eigenvalue weighted by Gasteiger charge is 2.78. The molecule has 126 valence electrons. The van der Waals surface area contributed by atoms with Crippen molar-refractivity contribution in [3.05, 3.63) is 0 Å². The van der Waals surface area contributed by atoms with Gasteiger partial charge in [-0.25, -0.2) is 4.74 Å². The van der Waals surface area contributed by atoms with Crippen LogP contribution in [-0.2, 0) is 4.74 Å². The molecule has 0 saturated carbocycles. The number of halogens is 12. The summed E-state index contributed by atoms with van der Waals surface area (Å²) in [6.07, 6.45) is -28.0. The molecule has 0 aliphatic carbocycles. The summed E-state index contributed by atoms with van der Waals surface area (Å²) in [6, 6.07) is 0. The molecule has 0 saturated heterocycles. The van der Waals surface area contributed by atoms with E-state index in [2.05, 4.69) is 0 Å². The molecule has 0 unspecified atom stereocenters. The Kier molecular flexibility index (Phi) is 7.07. The molecule has 0 aromatic heterocycles. The second kappa shape index (κ2) is 5.85. The lowest BCUT2D eigenvalue weighted by atomic mass is 10.3. The third kappa shape index (κ3) is 4.31. The second-order valence-electron chi connectivity index (χ2n) is 2.71. The molecular weight excluding hydrogens is 328 g/mol. The standard InChI is InChI=1S/C5F12O.2CH4/c6-1(7,2(8,9)10)4(14,15)18-5(16,17)3(11,12)13;;/h;2*1H4. The van der Waals surface area contributed by atoms with E-state index in [0.29, 0.717) is 0 Å². The predicted molar refractivity (Wildman–Crippen MR) is 41.5 cm³/mol. The van der Waals surface area contributed by atoms with Crippen molar-refractivity contribution in [3.8, 4) is 0 Å². The summed E-state index contributed by atoms with van der Waals surface area (Å²) in [6.45, 7) is 0. The highest BCUT2D eigenvalue weighted by Crippen LogP contribution is 2.51. The van der Waals surface area contributed by atoms with Gasteiger partial charge in [0, 0.05) is 0 Å². The lowest BCUT2D eigenvalue weighted by Gasteiger charge is -2.30. The minimum absolute atomic E-state index is 0. The van der Waals surface area contributed by atoms with Crippen LogP contribution in [0.5, 0.6) is 0 Å². The van der Waals surface area contributed by atoms with Gasteiger partial charge in [-0.3, -0.25) is 0 Å². The average molecular weight is 336 g/mol. The maximum absolute atomic E-state index is 12.1. The molecule has 13 heteroatoms. The molecule has 0 fully saturated rings. The molecule has 0 radical (unpaired) electrons. The van der Waals surface area contributed by atoms with Crippen molar-refractivity contribution in [2.24, 2.45) is 0 Å². The third-order valence-corrected chi connectivity index (χ3v) is 1.31. The van der Waals surface area contributed by atoms with Crippen molar-refractivity contribution in [3.63, 3.8) is 0 Å². The topological polar surface area (TPSA) is 9.23 Å². The molecule has 0 aliphatic rings. The van der Waals surface area contributed by atoms with E-state index < -0.39 is 30.5 Å². The predicted octanol–water partition coefficient (Wildman–Crippen LogP) is 5.22. The van der Waals surface area contributed by atoms with Crippen LogP contribution in [0.2, 0.25) is 0 Å². The number of alkyl halides is 12. The quantitative estimate of drug-likeness (QED) is 0.642. The van der Waals surface area contributed by atoms with Gasteiger partial charge in [-0.2, -0.15) is 52.7 Å². The van der Waals surface area contributed by atoms with E-state index >= 15 is 0 Å². The molecule has 0 aromatic rings. The molecule has 0 aliphatic heterocycles. The Morgan fingerprint density at radius 2 is 0.750 bits per heavy atom. The zero-order valence-corrected chi connectivity index (χ0v) is 7.44. The Balaban J connectivity index is -0.00000144. The summed E-state index contributed by atoms with van der Waals surface area (Å²) in [7, 11) is 0. The van der Waals surface area contributed by atoms with Crippen LogP contribution < -0.4 is 0 Å². The van der Waals surface area contributed by atoms with Crippen LogP contribution >= 0.6 is 0 Å². The molecule has 1 nitrogen and oxygen atoms in total. The third-order valence-electron chi connectivity index (χ3n) is 1.31. The van der Waals surface area contributed by atoms with Gasteiger partial charge in [0.05, 0.1) is 0 Å².